The Balaban J connectivity index is 2.65. The van der Waals surface area contributed by atoms with Gasteiger partial charge in [0.25, 0.3) is 0 Å². The van der Waals surface area contributed by atoms with E-state index in [1.165, 1.54) is 24.2 Å². The molecule has 0 fully saturated rings. The van der Waals surface area contributed by atoms with Crippen LogP contribution >= 0.6 is 0 Å². The summed E-state index contributed by atoms with van der Waals surface area (Å²) in [5.41, 5.74) is 5.84. The van der Waals surface area contributed by atoms with Crippen LogP contribution in [0.15, 0.2) is 6.20 Å². The number of sulfone groups is 1. The molecule has 0 aliphatic heterocycles. The molecule has 8 heteroatoms. The number of nitrogen functional groups attached to an aromatic ring is 1. The Kier molecular flexibility index (Phi) is 4.11. The molecule has 1 aromatic rings. The number of nitrogens with zero attached hydrogens (tertiary/aromatic N) is 2. The molecule has 1 heterocycles. The molecule has 0 spiro atoms. The van der Waals surface area contributed by atoms with Gasteiger partial charge in [0.05, 0.1) is 18.6 Å². The molecule has 0 amide bonds. The van der Waals surface area contributed by atoms with Gasteiger partial charge in [-0.05, 0) is 6.42 Å². The van der Waals surface area contributed by atoms with Crippen LogP contribution in [0, 0.1) is 0 Å². The average molecular weight is 261 g/mol. The van der Waals surface area contributed by atoms with Gasteiger partial charge in [-0.25, -0.2) is 13.2 Å². The Bertz CT molecular complexity index is 506. The Morgan fingerprint density at radius 1 is 1.59 bits per heavy atom. The molecule has 0 aromatic carbocycles. The van der Waals surface area contributed by atoms with Crippen LogP contribution in [-0.2, 0) is 21.1 Å². The molecule has 17 heavy (non-hydrogen) atoms. The first kappa shape index (κ1) is 13.5. The van der Waals surface area contributed by atoms with Crippen molar-refractivity contribution in [1.29, 1.82) is 0 Å². The van der Waals surface area contributed by atoms with E-state index in [0.717, 1.165) is 0 Å². The van der Waals surface area contributed by atoms with Crippen molar-refractivity contribution < 1.29 is 17.9 Å². The van der Waals surface area contributed by atoms with Crippen LogP contribution in [0.25, 0.3) is 0 Å². The van der Waals surface area contributed by atoms with E-state index in [1.54, 1.807) is 0 Å². The highest BCUT2D eigenvalue weighted by atomic mass is 32.2. The second-order valence-electron chi connectivity index (χ2n) is 3.67. The number of nitrogens with two attached hydrogens (primary N) is 1. The normalized spacial score (nSPS) is 11.4. The topological polar surface area (TPSA) is 104 Å². The molecule has 2 N–H and O–H groups in total. The zero-order valence-electron chi connectivity index (χ0n) is 9.71. The summed E-state index contributed by atoms with van der Waals surface area (Å²) in [6, 6.07) is 0. The average Bonchev–Trinajstić information content (AvgIpc) is 2.57. The molecule has 0 saturated heterocycles. The van der Waals surface area contributed by atoms with Crippen molar-refractivity contribution in [2.75, 3.05) is 24.9 Å². The van der Waals surface area contributed by atoms with Gasteiger partial charge < -0.3 is 10.5 Å². The van der Waals surface area contributed by atoms with Gasteiger partial charge in [0.15, 0.2) is 5.69 Å². The van der Waals surface area contributed by atoms with Crippen LogP contribution in [-0.4, -0.2) is 43.3 Å². The second-order valence-corrected chi connectivity index (χ2v) is 5.93. The van der Waals surface area contributed by atoms with Gasteiger partial charge in [0.1, 0.15) is 9.84 Å². The largest absolute Gasteiger partial charge is 0.464 e. The van der Waals surface area contributed by atoms with Crippen molar-refractivity contribution >= 4 is 21.5 Å². The summed E-state index contributed by atoms with van der Waals surface area (Å²) >= 11 is 0. The highest BCUT2D eigenvalue weighted by Crippen LogP contribution is 2.10. The Labute approximate surface area is 99.5 Å². The van der Waals surface area contributed by atoms with Crippen LogP contribution in [0.2, 0.25) is 0 Å². The van der Waals surface area contributed by atoms with E-state index in [0.29, 0.717) is 13.0 Å². The molecule has 7 nitrogen and oxygen atoms in total. The molecule has 0 atom stereocenters. The lowest BCUT2D eigenvalue weighted by atomic mass is 10.4. The fourth-order valence-electron chi connectivity index (χ4n) is 1.30. The summed E-state index contributed by atoms with van der Waals surface area (Å²) in [7, 11) is -1.74. The zero-order valence-corrected chi connectivity index (χ0v) is 10.5. The van der Waals surface area contributed by atoms with Crippen molar-refractivity contribution in [2.45, 2.75) is 13.0 Å². The maximum absolute atomic E-state index is 11.2. The molecular formula is C9H15N3O4S. The van der Waals surface area contributed by atoms with Crippen LogP contribution in [0.5, 0.6) is 0 Å². The standard InChI is InChI=1S/C9H15N3O4S/c1-16-9(13)8-7(10)6-12(11-8)4-3-5-17(2,14)15/h6H,3-5,10H2,1-2H3. The highest BCUT2D eigenvalue weighted by molar-refractivity contribution is 7.90. The number of rotatable bonds is 5. The van der Waals surface area contributed by atoms with Gasteiger partial charge in [-0.3, -0.25) is 4.68 Å². The lowest BCUT2D eigenvalue weighted by molar-refractivity contribution is 0.0594. The first-order valence-corrected chi connectivity index (χ1v) is 6.98. The summed E-state index contributed by atoms with van der Waals surface area (Å²) in [6.45, 7) is 0.383. The van der Waals surface area contributed by atoms with Crippen LogP contribution in [0.1, 0.15) is 16.9 Å². The molecule has 0 aliphatic rings. The van der Waals surface area contributed by atoms with E-state index in [9.17, 15) is 13.2 Å². The van der Waals surface area contributed by atoms with Crippen LogP contribution in [0.4, 0.5) is 5.69 Å². The quantitative estimate of drug-likeness (QED) is 0.729. The maximum Gasteiger partial charge on any atom is 0.360 e. The van der Waals surface area contributed by atoms with Gasteiger partial charge in [0.2, 0.25) is 0 Å². The SMILES string of the molecule is COC(=O)c1nn(CCCS(C)(=O)=O)cc1N. The van der Waals surface area contributed by atoms with E-state index in [2.05, 4.69) is 9.84 Å². The number of carbonyl (C=O) groups excluding carboxylic acids is 1. The number of methoxy groups -OCH3 is 1. The zero-order chi connectivity index (χ0) is 13.1. The van der Waals surface area contributed by atoms with E-state index in [1.807, 2.05) is 0 Å². The number of ether oxygens (including phenoxy) is 1. The van der Waals surface area contributed by atoms with Gasteiger partial charge in [-0.15, -0.1) is 0 Å². The van der Waals surface area contributed by atoms with E-state index in [-0.39, 0.29) is 17.1 Å². The fourth-order valence-corrected chi connectivity index (χ4v) is 1.95. The van der Waals surface area contributed by atoms with E-state index >= 15 is 0 Å². The summed E-state index contributed by atoms with van der Waals surface area (Å²) in [5.74, 6) is -0.537. The van der Waals surface area contributed by atoms with Crippen LogP contribution in [0.3, 0.4) is 0 Å². The van der Waals surface area contributed by atoms with Gasteiger partial charge >= 0.3 is 5.97 Å². The number of hydrogen-bond donors (Lipinski definition) is 1. The summed E-state index contributed by atoms with van der Waals surface area (Å²) < 4.78 is 27.8. The van der Waals surface area contributed by atoms with Gasteiger partial charge in [-0.1, -0.05) is 0 Å². The third-order valence-corrected chi connectivity index (χ3v) is 3.10. The Morgan fingerprint density at radius 2 is 2.24 bits per heavy atom. The predicted octanol–water partition coefficient (Wildman–Crippen LogP) is -0.313. The fraction of sp³-hybridized carbons (Fsp3) is 0.556. The molecule has 0 bridgehead atoms. The van der Waals surface area contributed by atoms with Crippen molar-refractivity contribution in [2.24, 2.45) is 0 Å². The summed E-state index contributed by atoms with van der Waals surface area (Å²) in [6.07, 6.45) is 3.07. The van der Waals surface area contributed by atoms with Crippen molar-refractivity contribution in [3.8, 4) is 0 Å². The number of hydrogen-bond acceptors (Lipinski definition) is 6. The maximum atomic E-state index is 11.2. The van der Waals surface area contributed by atoms with Crippen LogP contribution < -0.4 is 5.73 Å². The number of anilines is 1. The Morgan fingerprint density at radius 3 is 2.76 bits per heavy atom. The number of esters is 1. The lowest BCUT2D eigenvalue weighted by Gasteiger charge is -1.99. The predicted molar refractivity (Wildman–Crippen MR) is 62.3 cm³/mol. The summed E-state index contributed by atoms with van der Waals surface area (Å²) in [4.78, 5) is 11.2. The van der Waals surface area contributed by atoms with E-state index in [4.69, 9.17) is 5.73 Å². The monoisotopic (exact) mass is 261 g/mol. The van der Waals surface area contributed by atoms with Crippen molar-refractivity contribution in [1.82, 2.24) is 9.78 Å². The van der Waals surface area contributed by atoms with E-state index < -0.39 is 15.8 Å². The Hall–Kier alpha value is -1.57. The minimum atomic E-state index is -2.98. The lowest BCUT2D eigenvalue weighted by Crippen LogP contribution is -2.09. The third-order valence-electron chi connectivity index (χ3n) is 2.07. The summed E-state index contributed by atoms with van der Waals surface area (Å²) in [5, 5.41) is 3.92. The smallest absolute Gasteiger partial charge is 0.360 e. The molecule has 96 valence electrons. The van der Waals surface area contributed by atoms with Gasteiger partial charge in [-0.2, -0.15) is 5.10 Å². The number of carbonyl (C=O) groups is 1. The minimum absolute atomic E-state index is 0.0480. The minimum Gasteiger partial charge on any atom is -0.464 e. The molecule has 1 aromatic heterocycles. The molecular weight excluding hydrogens is 246 g/mol. The highest BCUT2D eigenvalue weighted by Gasteiger charge is 2.15. The number of aryl methyl sites for hydroxylation is 1. The first-order chi connectivity index (χ1) is 7.83. The van der Waals surface area contributed by atoms with Crippen molar-refractivity contribution in [3.05, 3.63) is 11.9 Å². The van der Waals surface area contributed by atoms with Gasteiger partial charge in [0, 0.05) is 19.0 Å². The first-order valence-electron chi connectivity index (χ1n) is 4.92. The second kappa shape index (κ2) is 5.17. The number of aromatic nitrogens is 2. The molecule has 0 saturated carbocycles. The molecule has 1 rings (SSSR count). The molecule has 0 radical (unpaired) electrons. The van der Waals surface area contributed by atoms with Crippen molar-refractivity contribution in [3.63, 3.8) is 0 Å². The molecule has 0 aliphatic carbocycles. The molecule has 0 unspecified atom stereocenters. The third kappa shape index (κ3) is 4.06.